The number of carbonyl (C=O) groups excluding carboxylic acids is 1. The fourth-order valence-corrected chi connectivity index (χ4v) is 4.14. The third-order valence-corrected chi connectivity index (χ3v) is 5.83. The molecule has 0 N–H and O–H groups in total. The van der Waals surface area contributed by atoms with Crippen LogP contribution in [0.2, 0.25) is 0 Å². The number of carbonyl (C=O) groups is 1. The van der Waals surface area contributed by atoms with Gasteiger partial charge in [-0.3, -0.25) is 4.79 Å². The monoisotopic (exact) mass is 289 g/mol. The summed E-state index contributed by atoms with van der Waals surface area (Å²) < 4.78 is 25.3. The molecule has 2 aliphatic heterocycles. The Hall–Kier alpha value is -0.660. The lowest BCUT2D eigenvalue weighted by atomic mass is 10.0. The summed E-state index contributed by atoms with van der Waals surface area (Å²) in [6, 6.07) is 0. The second-order valence-corrected chi connectivity index (χ2v) is 8.03. The lowest BCUT2D eigenvalue weighted by Gasteiger charge is -2.22. The van der Waals surface area contributed by atoms with Gasteiger partial charge in [-0.05, 0) is 32.9 Å². The number of rotatable bonds is 4. The molecular weight excluding hydrogens is 266 g/mol. The quantitative estimate of drug-likeness (QED) is 0.686. The fourth-order valence-electron chi connectivity index (χ4n) is 2.93. The number of nitrogens with zero attached hydrogens (tertiary/aromatic N) is 3. The minimum absolute atomic E-state index is 0.143. The van der Waals surface area contributed by atoms with Crippen molar-refractivity contribution in [1.29, 1.82) is 0 Å². The summed E-state index contributed by atoms with van der Waals surface area (Å²) in [4.78, 5) is 15.7. The van der Waals surface area contributed by atoms with Crippen LogP contribution in [0.3, 0.4) is 0 Å². The van der Waals surface area contributed by atoms with Crippen LogP contribution in [0, 0.1) is 11.8 Å². The maximum Gasteiger partial charge on any atom is 0.236 e. The summed E-state index contributed by atoms with van der Waals surface area (Å²) >= 11 is 0. The maximum absolute atomic E-state index is 12.0. The highest BCUT2D eigenvalue weighted by molar-refractivity contribution is 7.89. The van der Waals surface area contributed by atoms with Crippen LogP contribution in [0.1, 0.15) is 6.92 Å². The van der Waals surface area contributed by atoms with E-state index in [0.717, 1.165) is 0 Å². The highest BCUT2D eigenvalue weighted by atomic mass is 32.2. The average molecular weight is 289 g/mol. The van der Waals surface area contributed by atoms with Gasteiger partial charge >= 0.3 is 0 Å². The molecule has 110 valence electrons. The van der Waals surface area contributed by atoms with E-state index in [0.29, 0.717) is 44.6 Å². The molecule has 0 saturated carbocycles. The van der Waals surface area contributed by atoms with E-state index in [1.807, 2.05) is 23.9 Å². The van der Waals surface area contributed by atoms with E-state index >= 15 is 0 Å². The standard InChI is InChI=1S/C12H23N3O3S/c1-4-19(17,18)15-7-10-5-14(6-11(10)8-15)12(16)9-13(2)3/h10-11H,4-9H2,1-3H3/t10-,11+. The zero-order valence-electron chi connectivity index (χ0n) is 11.9. The Morgan fingerprint density at radius 2 is 1.68 bits per heavy atom. The normalized spacial score (nSPS) is 28.1. The van der Waals surface area contributed by atoms with Crippen molar-refractivity contribution in [2.75, 3.05) is 52.6 Å². The summed E-state index contributed by atoms with van der Waals surface area (Å²) in [6.45, 7) is 4.66. The Bertz CT molecular complexity index is 435. The first-order chi connectivity index (χ1) is 8.83. The van der Waals surface area contributed by atoms with Crippen molar-refractivity contribution in [3.8, 4) is 0 Å². The lowest BCUT2D eigenvalue weighted by molar-refractivity contribution is -0.131. The molecule has 0 aromatic rings. The molecule has 0 unspecified atom stereocenters. The molecule has 0 aromatic carbocycles. The van der Waals surface area contributed by atoms with Crippen molar-refractivity contribution >= 4 is 15.9 Å². The molecule has 19 heavy (non-hydrogen) atoms. The largest absolute Gasteiger partial charge is 0.341 e. The minimum atomic E-state index is -3.08. The van der Waals surface area contributed by atoms with Gasteiger partial charge in [0, 0.05) is 26.2 Å². The van der Waals surface area contributed by atoms with E-state index in [2.05, 4.69) is 0 Å². The number of likely N-dealkylation sites (tertiary alicyclic amines) is 1. The molecule has 0 aliphatic carbocycles. The van der Waals surface area contributed by atoms with Gasteiger partial charge in [0.2, 0.25) is 15.9 Å². The predicted octanol–water partition coefficient (Wildman–Crippen LogP) is -0.712. The zero-order valence-corrected chi connectivity index (χ0v) is 12.7. The van der Waals surface area contributed by atoms with Gasteiger partial charge < -0.3 is 9.80 Å². The molecule has 2 atom stereocenters. The van der Waals surface area contributed by atoms with Crippen molar-refractivity contribution in [2.24, 2.45) is 11.8 Å². The third kappa shape index (κ3) is 3.09. The van der Waals surface area contributed by atoms with Gasteiger partial charge in [0.25, 0.3) is 0 Å². The van der Waals surface area contributed by atoms with E-state index in [1.54, 1.807) is 11.2 Å². The van der Waals surface area contributed by atoms with Crippen molar-refractivity contribution in [2.45, 2.75) is 6.92 Å². The molecule has 0 radical (unpaired) electrons. The van der Waals surface area contributed by atoms with Gasteiger partial charge in [-0.1, -0.05) is 0 Å². The van der Waals surface area contributed by atoms with Gasteiger partial charge in [0.05, 0.1) is 12.3 Å². The van der Waals surface area contributed by atoms with Crippen LogP contribution in [-0.2, 0) is 14.8 Å². The van der Waals surface area contributed by atoms with Crippen LogP contribution in [-0.4, -0.2) is 81.0 Å². The molecule has 7 heteroatoms. The Morgan fingerprint density at radius 1 is 1.16 bits per heavy atom. The first-order valence-corrected chi connectivity index (χ1v) is 8.34. The first kappa shape index (κ1) is 14.7. The number of likely N-dealkylation sites (N-methyl/N-ethyl adjacent to an activating group) is 1. The fraction of sp³-hybridized carbons (Fsp3) is 0.917. The highest BCUT2D eigenvalue weighted by Gasteiger charge is 2.44. The summed E-state index contributed by atoms with van der Waals surface area (Å²) in [6.07, 6.45) is 0. The molecule has 2 aliphatic rings. The number of sulfonamides is 1. The highest BCUT2D eigenvalue weighted by Crippen LogP contribution is 2.32. The van der Waals surface area contributed by atoms with E-state index in [1.165, 1.54) is 0 Å². The van der Waals surface area contributed by atoms with Gasteiger partial charge in [-0.25, -0.2) is 12.7 Å². The molecule has 6 nitrogen and oxygen atoms in total. The molecule has 1 amide bonds. The molecule has 2 fully saturated rings. The Kier molecular flexibility index (Phi) is 4.17. The summed E-state index contributed by atoms with van der Waals surface area (Å²) in [5.74, 6) is 0.930. The van der Waals surface area contributed by atoms with E-state index in [9.17, 15) is 13.2 Å². The van der Waals surface area contributed by atoms with Crippen LogP contribution in [0.4, 0.5) is 0 Å². The third-order valence-electron chi connectivity index (χ3n) is 4.02. The molecule has 0 bridgehead atoms. The Labute approximate surface area is 115 Å². The minimum Gasteiger partial charge on any atom is -0.341 e. The molecule has 2 rings (SSSR count). The lowest BCUT2D eigenvalue weighted by Crippen LogP contribution is -2.39. The Balaban J connectivity index is 1.92. The summed E-state index contributed by atoms with van der Waals surface area (Å²) in [5.41, 5.74) is 0. The van der Waals surface area contributed by atoms with Crippen LogP contribution in [0.25, 0.3) is 0 Å². The van der Waals surface area contributed by atoms with Crippen molar-refractivity contribution < 1.29 is 13.2 Å². The molecule has 0 spiro atoms. The van der Waals surface area contributed by atoms with E-state index in [-0.39, 0.29) is 11.7 Å². The summed E-state index contributed by atoms with van der Waals surface area (Å²) in [7, 11) is 0.684. The number of hydrogen-bond acceptors (Lipinski definition) is 4. The van der Waals surface area contributed by atoms with Gasteiger partial charge in [-0.2, -0.15) is 0 Å². The second-order valence-electron chi connectivity index (χ2n) is 5.77. The van der Waals surface area contributed by atoms with Gasteiger partial charge in [-0.15, -0.1) is 0 Å². The van der Waals surface area contributed by atoms with Gasteiger partial charge in [0.1, 0.15) is 0 Å². The van der Waals surface area contributed by atoms with Crippen LogP contribution < -0.4 is 0 Å². The summed E-state index contributed by atoms with van der Waals surface area (Å²) in [5, 5.41) is 0. The van der Waals surface area contributed by atoms with Crippen molar-refractivity contribution in [3.05, 3.63) is 0 Å². The van der Waals surface area contributed by atoms with Crippen LogP contribution in [0.15, 0.2) is 0 Å². The molecule has 0 aromatic heterocycles. The zero-order chi connectivity index (χ0) is 14.2. The second kappa shape index (κ2) is 5.38. The number of fused-ring (bicyclic) bond motifs is 1. The molecule has 2 saturated heterocycles. The number of hydrogen-bond donors (Lipinski definition) is 0. The smallest absolute Gasteiger partial charge is 0.236 e. The van der Waals surface area contributed by atoms with Gasteiger partial charge in [0.15, 0.2) is 0 Å². The SMILES string of the molecule is CCS(=O)(=O)N1C[C@H]2CN(C(=O)CN(C)C)C[C@H]2C1. The van der Waals surface area contributed by atoms with E-state index in [4.69, 9.17) is 0 Å². The van der Waals surface area contributed by atoms with Crippen LogP contribution >= 0.6 is 0 Å². The maximum atomic E-state index is 12.0. The average Bonchev–Trinajstić information content (AvgIpc) is 2.85. The Morgan fingerprint density at radius 3 is 2.11 bits per heavy atom. The van der Waals surface area contributed by atoms with E-state index < -0.39 is 10.0 Å². The molecular formula is C12H23N3O3S. The molecule has 2 heterocycles. The number of amides is 1. The topological polar surface area (TPSA) is 60.9 Å². The predicted molar refractivity (Wildman–Crippen MR) is 73.1 cm³/mol. The van der Waals surface area contributed by atoms with Crippen molar-refractivity contribution in [3.63, 3.8) is 0 Å². The first-order valence-electron chi connectivity index (χ1n) is 6.73. The van der Waals surface area contributed by atoms with Crippen LogP contribution in [0.5, 0.6) is 0 Å². The van der Waals surface area contributed by atoms with Crippen molar-refractivity contribution in [1.82, 2.24) is 14.1 Å².